The summed E-state index contributed by atoms with van der Waals surface area (Å²) in [6.07, 6.45) is 0. The van der Waals surface area contributed by atoms with Crippen LogP contribution in [0.3, 0.4) is 0 Å². The zero-order valence-corrected chi connectivity index (χ0v) is 22.4. The zero-order valence-electron chi connectivity index (χ0n) is 22.4. The highest BCUT2D eigenvalue weighted by Gasteiger charge is 2.21. The molecule has 0 fully saturated rings. The third-order valence-electron chi connectivity index (χ3n) is 6.04. The van der Waals surface area contributed by atoms with Gasteiger partial charge in [0.15, 0.2) is 5.78 Å². The molecule has 0 atom stereocenters. The zero-order chi connectivity index (χ0) is 27.6. The van der Waals surface area contributed by atoms with Gasteiger partial charge in [0.1, 0.15) is 12.3 Å². The van der Waals surface area contributed by atoms with Gasteiger partial charge in [0.25, 0.3) is 11.5 Å². The number of hydrogen-bond acceptors (Lipinski definition) is 6. The second-order valence-corrected chi connectivity index (χ2v) is 10.1. The van der Waals surface area contributed by atoms with E-state index in [2.05, 4.69) is 10.4 Å². The average molecular weight is 520 g/mol. The standard InChI is InChI=1S/C28H33N5O5/c1-6-38-21-10-7-19(8-11-21)24(34)16-32-28(37)33-23-13-20(25(35)29-14-17(2)3)9-12-22(23)26(36)31(15-18(4)5)27(33)30-32/h7-13,17-18H,6,14-16H2,1-5H3,(H,29,35). The molecule has 38 heavy (non-hydrogen) atoms. The maximum Gasteiger partial charge on any atom is 0.352 e. The van der Waals surface area contributed by atoms with E-state index in [4.69, 9.17) is 4.74 Å². The summed E-state index contributed by atoms with van der Waals surface area (Å²) in [6.45, 7) is 10.8. The van der Waals surface area contributed by atoms with Crippen LogP contribution in [0, 0.1) is 11.8 Å². The Balaban J connectivity index is 1.83. The number of carbonyl (C=O) groups is 2. The number of rotatable bonds is 10. The molecule has 200 valence electrons. The summed E-state index contributed by atoms with van der Waals surface area (Å²) in [5.41, 5.74) is 0.121. The van der Waals surface area contributed by atoms with E-state index in [1.807, 2.05) is 34.6 Å². The van der Waals surface area contributed by atoms with Crippen molar-refractivity contribution in [3.05, 3.63) is 74.4 Å². The molecular formula is C28H33N5O5. The number of hydrogen-bond donors (Lipinski definition) is 1. The summed E-state index contributed by atoms with van der Waals surface area (Å²) in [4.78, 5) is 52.7. The van der Waals surface area contributed by atoms with E-state index >= 15 is 0 Å². The van der Waals surface area contributed by atoms with Crippen LogP contribution in [-0.4, -0.2) is 43.6 Å². The van der Waals surface area contributed by atoms with Gasteiger partial charge < -0.3 is 10.1 Å². The Bertz CT molecular complexity index is 1610. The molecule has 0 aliphatic rings. The van der Waals surface area contributed by atoms with E-state index in [0.29, 0.717) is 36.6 Å². The van der Waals surface area contributed by atoms with E-state index in [1.165, 1.54) is 15.0 Å². The van der Waals surface area contributed by atoms with Gasteiger partial charge in [-0.15, -0.1) is 5.10 Å². The highest BCUT2D eigenvalue weighted by atomic mass is 16.5. The predicted octanol–water partition coefficient (Wildman–Crippen LogP) is 3.13. The lowest BCUT2D eigenvalue weighted by molar-refractivity contribution is 0.0946. The summed E-state index contributed by atoms with van der Waals surface area (Å²) in [5, 5.41) is 7.55. The molecule has 0 aliphatic carbocycles. The normalized spacial score (nSPS) is 11.6. The van der Waals surface area contributed by atoms with Crippen molar-refractivity contribution in [2.75, 3.05) is 13.2 Å². The molecule has 0 radical (unpaired) electrons. The molecule has 2 aromatic heterocycles. The fourth-order valence-corrected chi connectivity index (χ4v) is 4.22. The highest BCUT2D eigenvalue weighted by molar-refractivity contribution is 5.98. The monoisotopic (exact) mass is 519 g/mol. The first kappa shape index (κ1) is 26.8. The van der Waals surface area contributed by atoms with Crippen LogP contribution in [0.4, 0.5) is 0 Å². The van der Waals surface area contributed by atoms with Crippen LogP contribution in [0.15, 0.2) is 52.1 Å². The lowest BCUT2D eigenvalue weighted by Gasteiger charge is -2.13. The fourth-order valence-electron chi connectivity index (χ4n) is 4.22. The first-order valence-corrected chi connectivity index (χ1v) is 12.8. The quantitative estimate of drug-likeness (QED) is 0.322. The Morgan fingerprint density at radius 3 is 2.29 bits per heavy atom. The van der Waals surface area contributed by atoms with Crippen molar-refractivity contribution < 1.29 is 14.3 Å². The second kappa shape index (κ2) is 11.0. The van der Waals surface area contributed by atoms with E-state index in [0.717, 1.165) is 4.68 Å². The number of amides is 1. The third kappa shape index (κ3) is 5.39. The Kier molecular flexibility index (Phi) is 7.80. The lowest BCUT2D eigenvalue weighted by Crippen LogP contribution is -2.29. The van der Waals surface area contributed by atoms with Crippen molar-refractivity contribution in [2.24, 2.45) is 11.8 Å². The Hall–Kier alpha value is -4.21. The highest BCUT2D eigenvalue weighted by Crippen LogP contribution is 2.16. The molecule has 0 saturated carbocycles. The number of benzene rings is 2. The van der Waals surface area contributed by atoms with Crippen LogP contribution in [0.1, 0.15) is 55.3 Å². The molecule has 10 nitrogen and oxygen atoms in total. The predicted molar refractivity (Wildman–Crippen MR) is 145 cm³/mol. The number of nitrogens with one attached hydrogen (secondary N) is 1. The molecule has 0 bridgehead atoms. The minimum Gasteiger partial charge on any atom is -0.494 e. The number of nitrogens with zero attached hydrogens (tertiary/aromatic N) is 4. The molecule has 10 heteroatoms. The molecule has 0 aliphatic heterocycles. The van der Waals surface area contributed by atoms with E-state index in [1.54, 1.807) is 36.4 Å². The number of ether oxygens (including phenoxy) is 1. The molecule has 0 unspecified atom stereocenters. The van der Waals surface area contributed by atoms with Crippen molar-refractivity contribution in [1.82, 2.24) is 24.1 Å². The van der Waals surface area contributed by atoms with Crippen molar-refractivity contribution >= 4 is 28.4 Å². The van der Waals surface area contributed by atoms with Gasteiger partial charge in [-0.1, -0.05) is 27.7 Å². The largest absolute Gasteiger partial charge is 0.494 e. The van der Waals surface area contributed by atoms with E-state index < -0.39 is 5.69 Å². The minimum atomic E-state index is -0.568. The smallest absolute Gasteiger partial charge is 0.352 e. The topological polar surface area (TPSA) is 117 Å². The third-order valence-corrected chi connectivity index (χ3v) is 6.04. The number of fused-ring (bicyclic) bond motifs is 3. The van der Waals surface area contributed by atoms with E-state index in [-0.39, 0.29) is 52.3 Å². The van der Waals surface area contributed by atoms with Gasteiger partial charge in [-0.05, 0) is 61.2 Å². The number of ketones is 1. The summed E-state index contributed by atoms with van der Waals surface area (Å²) in [6, 6.07) is 11.3. The Morgan fingerprint density at radius 1 is 0.974 bits per heavy atom. The summed E-state index contributed by atoms with van der Waals surface area (Å²) in [7, 11) is 0. The molecule has 1 N–H and O–H groups in total. The molecule has 0 saturated heterocycles. The Labute approximate surface area is 219 Å². The van der Waals surface area contributed by atoms with Gasteiger partial charge in [0.05, 0.1) is 17.5 Å². The van der Waals surface area contributed by atoms with Gasteiger partial charge >= 0.3 is 5.69 Å². The molecule has 1 amide bonds. The number of Topliss-reactive ketones (excluding diaryl/α,β-unsaturated/α-hetero) is 1. The van der Waals surface area contributed by atoms with Gasteiger partial charge in [-0.25, -0.2) is 13.9 Å². The van der Waals surface area contributed by atoms with Crippen LogP contribution in [0.25, 0.3) is 16.7 Å². The van der Waals surface area contributed by atoms with Gasteiger partial charge in [0.2, 0.25) is 5.78 Å². The molecule has 4 rings (SSSR count). The molecule has 2 heterocycles. The van der Waals surface area contributed by atoms with Crippen LogP contribution in [0.5, 0.6) is 5.75 Å². The second-order valence-electron chi connectivity index (χ2n) is 10.1. The maximum atomic E-state index is 13.6. The van der Waals surface area contributed by atoms with E-state index in [9.17, 15) is 19.2 Å². The van der Waals surface area contributed by atoms with Crippen molar-refractivity contribution in [3.8, 4) is 5.75 Å². The van der Waals surface area contributed by atoms with Gasteiger partial charge in [0, 0.05) is 24.2 Å². The van der Waals surface area contributed by atoms with Crippen molar-refractivity contribution in [1.29, 1.82) is 0 Å². The van der Waals surface area contributed by atoms with Crippen LogP contribution in [0.2, 0.25) is 0 Å². The number of aromatic nitrogens is 4. The lowest BCUT2D eigenvalue weighted by atomic mass is 10.1. The SMILES string of the molecule is CCOc1ccc(C(=O)Cn2nc3n(CC(C)C)c(=O)c4ccc(C(=O)NCC(C)C)cc4n3c2=O)cc1. The average Bonchev–Trinajstić information content (AvgIpc) is 3.20. The summed E-state index contributed by atoms with van der Waals surface area (Å²) < 4.78 is 9.25. The van der Waals surface area contributed by atoms with Crippen molar-refractivity contribution in [2.45, 2.75) is 47.7 Å². The molecule has 0 spiro atoms. The van der Waals surface area contributed by atoms with Gasteiger partial charge in [-0.2, -0.15) is 0 Å². The van der Waals surface area contributed by atoms with Crippen LogP contribution in [-0.2, 0) is 13.1 Å². The molecule has 4 aromatic rings. The van der Waals surface area contributed by atoms with Crippen LogP contribution >= 0.6 is 0 Å². The first-order chi connectivity index (χ1) is 18.1. The molecular weight excluding hydrogens is 486 g/mol. The van der Waals surface area contributed by atoms with Gasteiger partial charge in [-0.3, -0.25) is 19.0 Å². The summed E-state index contributed by atoms with van der Waals surface area (Å²) in [5.74, 6) is 0.524. The molecule has 2 aromatic carbocycles. The van der Waals surface area contributed by atoms with Crippen molar-refractivity contribution in [3.63, 3.8) is 0 Å². The first-order valence-electron chi connectivity index (χ1n) is 12.8. The fraction of sp³-hybridized carbons (Fsp3) is 0.393. The maximum absolute atomic E-state index is 13.6. The minimum absolute atomic E-state index is 0.0979. The van der Waals surface area contributed by atoms with Crippen LogP contribution < -0.4 is 21.3 Å². The number of carbonyl (C=O) groups excluding carboxylic acids is 2. The summed E-state index contributed by atoms with van der Waals surface area (Å²) >= 11 is 0. The Morgan fingerprint density at radius 2 is 1.66 bits per heavy atom.